The Bertz CT molecular complexity index is 449. The molecule has 14 heavy (non-hydrogen) atoms. The molecule has 0 bridgehead atoms. The van der Waals surface area contributed by atoms with Crippen LogP contribution in [0.25, 0.3) is 10.8 Å². The number of benzene rings is 2. The number of rotatable bonds is 2. The lowest BCUT2D eigenvalue weighted by atomic mass is 10.0. The molecule has 1 N–H and O–H groups in total. The average molecular weight is 188 g/mol. The molecular formula is C12H12O2. The van der Waals surface area contributed by atoms with Crippen molar-refractivity contribution in [3.05, 3.63) is 47.5 Å². The molecule has 0 heterocycles. The minimum Gasteiger partial charge on any atom is -0.251 e. The third-order valence-electron chi connectivity index (χ3n) is 2.45. The Morgan fingerprint density at radius 1 is 1.07 bits per heavy atom. The quantitative estimate of drug-likeness (QED) is 0.579. The molecule has 0 spiro atoms. The molecule has 2 rings (SSSR count). The molecule has 0 radical (unpaired) electrons. The van der Waals surface area contributed by atoms with E-state index in [0.29, 0.717) is 0 Å². The highest BCUT2D eigenvalue weighted by Crippen LogP contribution is 2.22. The standard InChI is InChI=1S/C12H12O2/c1-9-4-2-7-12-10(8-14-13)5-3-6-11(9)12/h2-7,13H,8H2,1H3. The summed E-state index contributed by atoms with van der Waals surface area (Å²) >= 11 is 0. The van der Waals surface area contributed by atoms with E-state index < -0.39 is 0 Å². The Balaban J connectivity index is 2.68. The van der Waals surface area contributed by atoms with Crippen LogP contribution in [0.15, 0.2) is 36.4 Å². The van der Waals surface area contributed by atoms with Crippen molar-refractivity contribution < 1.29 is 10.1 Å². The first-order valence-corrected chi connectivity index (χ1v) is 4.56. The second-order valence-electron chi connectivity index (χ2n) is 3.36. The highest BCUT2D eigenvalue weighted by molar-refractivity contribution is 5.88. The maximum atomic E-state index is 8.45. The van der Waals surface area contributed by atoms with Crippen LogP contribution in [0, 0.1) is 6.92 Å². The summed E-state index contributed by atoms with van der Waals surface area (Å²) in [6.07, 6.45) is 0. The maximum Gasteiger partial charge on any atom is 0.108 e. The minimum absolute atomic E-state index is 0.237. The summed E-state index contributed by atoms with van der Waals surface area (Å²) in [5, 5.41) is 10.8. The van der Waals surface area contributed by atoms with E-state index in [-0.39, 0.29) is 6.61 Å². The fourth-order valence-corrected chi connectivity index (χ4v) is 1.73. The van der Waals surface area contributed by atoms with Crippen molar-refractivity contribution in [1.82, 2.24) is 0 Å². The van der Waals surface area contributed by atoms with Crippen molar-refractivity contribution in [1.29, 1.82) is 0 Å². The molecule has 0 amide bonds. The summed E-state index contributed by atoms with van der Waals surface area (Å²) in [6.45, 7) is 2.31. The molecule has 0 aliphatic carbocycles. The van der Waals surface area contributed by atoms with Crippen molar-refractivity contribution in [3.8, 4) is 0 Å². The Labute approximate surface area is 82.7 Å². The highest BCUT2D eigenvalue weighted by Gasteiger charge is 2.01. The molecule has 0 saturated carbocycles. The minimum atomic E-state index is 0.237. The predicted octanol–water partition coefficient (Wildman–Crippen LogP) is 3.14. The van der Waals surface area contributed by atoms with Crippen LogP contribution in [0.4, 0.5) is 0 Å². The fraction of sp³-hybridized carbons (Fsp3) is 0.167. The maximum absolute atomic E-state index is 8.45. The zero-order valence-corrected chi connectivity index (χ0v) is 8.03. The molecular weight excluding hydrogens is 176 g/mol. The van der Waals surface area contributed by atoms with Crippen LogP contribution in [-0.4, -0.2) is 5.26 Å². The molecule has 2 aromatic carbocycles. The summed E-state index contributed by atoms with van der Waals surface area (Å²) in [6, 6.07) is 12.1. The first kappa shape index (κ1) is 9.19. The molecule has 72 valence electrons. The smallest absolute Gasteiger partial charge is 0.108 e. The Morgan fingerprint density at radius 2 is 1.79 bits per heavy atom. The van der Waals surface area contributed by atoms with Crippen molar-refractivity contribution in [2.75, 3.05) is 0 Å². The van der Waals surface area contributed by atoms with Crippen molar-refractivity contribution in [2.45, 2.75) is 13.5 Å². The van der Waals surface area contributed by atoms with Crippen LogP contribution in [0.1, 0.15) is 11.1 Å². The zero-order chi connectivity index (χ0) is 9.97. The second-order valence-corrected chi connectivity index (χ2v) is 3.36. The first-order valence-electron chi connectivity index (χ1n) is 4.56. The lowest BCUT2D eigenvalue weighted by Crippen LogP contribution is -1.90. The number of aryl methyl sites for hydroxylation is 1. The summed E-state index contributed by atoms with van der Waals surface area (Å²) in [5.74, 6) is 0. The van der Waals surface area contributed by atoms with Gasteiger partial charge in [-0.2, -0.15) is 0 Å². The van der Waals surface area contributed by atoms with Crippen LogP contribution in [-0.2, 0) is 11.5 Å². The average Bonchev–Trinajstić information content (AvgIpc) is 2.20. The first-order chi connectivity index (χ1) is 6.83. The van der Waals surface area contributed by atoms with Gasteiger partial charge in [-0.1, -0.05) is 36.4 Å². The summed E-state index contributed by atoms with van der Waals surface area (Å²) in [5.41, 5.74) is 2.25. The van der Waals surface area contributed by atoms with E-state index in [0.717, 1.165) is 10.9 Å². The fourth-order valence-electron chi connectivity index (χ4n) is 1.73. The van der Waals surface area contributed by atoms with Crippen LogP contribution in [0.2, 0.25) is 0 Å². The van der Waals surface area contributed by atoms with Gasteiger partial charge < -0.3 is 0 Å². The third kappa shape index (κ3) is 1.50. The van der Waals surface area contributed by atoms with Gasteiger partial charge in [0.2, 0.25) is 0 Å². The summed E-state index contributed by atoms with van der Waals surface area (Å²) < 4.78 is 0. The van der Waals surface area contributed by atoms with Gasteiger partial charge in [0, 0.05) is 0 Å². The molecule has 2 nitrogen and oxygen atoms in total. The van der Waals surface area contributed by atoms with Crippen LogP contribution in [0.3, 0.4) is 0 Å². The van der Waals surface area contributed by atoms with E-state index in [2.05, 4.69) is 23.9 Å². The zero-order valence-electron chi connectivity index (χ0n) is 8.03. The Hall–Kier alpha value is -1.38. The van der Waals surface area contributed by atoms with Crippen molar-refractivity contribution >= 4 is 10.8 Å². The number of fused-ring (bicyclic) bond motifs is 1. The summed E-state index contributed by atoms with van der Waals surface area (Å²) in [4.78, 5) is 4.18. The van der Waals surface area contributed by atoms with E-state index >= 15 is 0 Å². The normalized spacial score (nSPS) is 10.7. The Kier molecular flexibility index (Phi) is 2.48. The largest absolute Gasteiger partial charge is 0.251 e. The van der Waals surface area contributed by atoms with Gasteiger partial charge in [0.1, 0.15) is 6.61 Å². The molecule has 0 unspecified atom stereocenters. The number of hydrogen-bond donors (Lipinski definition) is 1. The lowest BCUT2D eigenvalue weighted by Gasteiger charge is -2.06. The van der Waals surface area contributed by atoms with E-state index in [1.54, 1.807) is 0 Å². The molecule has 0 aromatic heterocycles. The highest BCUT2D eigenvalue weighted by atomic mass is 17.1. The third-order valence-corrected chi connectivity index (χ3v) is 2.45. The molecule has 0 atom stereocenters. The van der Waals surface area contributed by atoms with Crippen molar-refractivity contribution in [3.63, 3.8) is 0 Å². The van der Waals surface area contributed by atoms with Gasteiger partial charge >= 0.3 is 0 Å². The van der Waals surface area contributed by atoms with E-state index in [4.69, 9.17) is 5.26 Å². The van der Waals surface area contributed by atoms with Gasteiger partial charge in [-0.05, 0) is 28.8 Å². The second kappa shape index (κ2) is 3.78. The van der Waals surface area contributed by atoms with E-state index in [9.17, 15) is 0 Å². The SMILES string of the molecule is Cc1cccc2c(COO)cccc12. The molecule has 2 aromatic rings. The van der Waals surface area contributed by atoms with E-state index in [1.165, 1.54) is 10.9 Å². The Morgan fingerprint density at radius 3 is 2.57 bits per heavy atom. The topological polar surface area (TPSA) is 29.5 Å². The molecule has 0 saturated heterocycles. The van der Waals surface area contributed by atoms with E-state index in [1.807, 2.05) is 24.3 Å². The predicted molar refractivity (Wildman–Crippen MR) is 56.1 cm³/mol. The van der Waals surface area contributed by atoms with Gasteiger partial charge in [-0.25, -0.2) is 4.89 Å². The van der Waals surface area contributed by atoms with Crippen LogP contribution < -0.4 is 0 Å². The molecule has 0 aliphatic rings. The lowest BCUT2D eigenvalue weighted by molar-refractivity contribution is -0.252. The van der Waals surface area contributed by atoms with Crippen molar-refractivity contribution in [2.24, 2.45) is 0 Å². The van der Waals surface area contributed by atoms with Crippen LogP contribution in [0.5, 0.6) is 0 Å². The molecule has 2 heteroatoms. The monoisotopic (exact) mass is 188 g/mol. The summed E-state index contributed by atoms with van der Waals surface area (Å²) in [7, 11) is 0. The van der Waals surface area contributed by atoms with Gasteiger partial charge in [0.25, 0.3) is 0 Å². The van der Waals surface area contributed by atoms with Gasteiger partial charge in [-0.3, -0.25) is 5.26 Å². The van der Waals surface area contributed by atoms with Gasteiger partial charge in [0.15, 0.2) is 0 Å². The van der Waals surface area contributed by atoms with Gasteiger partial charge in [-0.15, -0.1) is 0 Å². The van der Waals surface area contributed by atoms with Gasteiger partial charge in [0.05, 0.1) is 0 Å². The molecule has 0 fully saturated rings. The van der Waals surface area contributed by atoms with Crippen LogP contribution >= 0.6 is 0 Å². The number of hydrogen-bond acceptors (Lipinski definition) is 2. The molecule has 0 aliphatic heterocycles.